The van der Waals surface area contributed by atoms with Crippen LogP contribution in [0.2, 0.25) is 5.02 Å². The third kappa shape index (κ3) is 4.42. The van der Waals surface area contributed by atoms with Crippen LogP contribution < -0.4 is 5.32 Å². The fourth-order valence-electron chi connectivity index (χ4n) is 3.10. The van der Waals surface area contributed by atoms with Crippen LogP contribution in [0.1, 0.15) is 5.69 Å². The minimum absolute atomic E-state index is 0.240. The molecule has 1 N–H and O–H groups in total. The maximum absolute atomic E-state index is 12.7. The van der Waals surface area contributed by atoms with Gasteiger partial charge in [0, 0.05) is 22.7 Å². The molecule has 0 aliphatic rings. The topological polar surface area (TPSA) is 74.5 Å². The van der Waals surface area contributed by atoms with Gasteiger partial charge in [-0.15, -0.1) is 0 Å². The number of hydrogen-bond acceptors (Lipinski definition) is 5. The van der Waals surface area contributed by atoms with E-state index in [1.807, 2.05) is 18.2 Å². The molecule has 0 bridgehead atoms. The van der Waals surface area contributed by atoms with Crippen LogP contribution in [-0.2, 0) is 0 Å². The first-order valence-electron chi connectivity index (χ1n) is 9.08. The number of rotatable bonds is 4. The fraction of sp³-hybridized carbons (Fsp3) is 0.0909. The van der Waals surface area contributed by atoms with Crippen molar-refractivity contribution in [2.24, 2.45) is 0 Å². The summed E-state index contributed by atoms with van der Waals surface area (Å²) < 4.78 is 38.2. The maximum atomic E-state index is 12.7. The largest absolute Gasteiger partial charge is 0.405 e. The lowest BCUT2D eigenvalue weighted by atomic mass is 10.0. The molecule has 0 aliphatic heterocycles. The minimum Gasteiger partial charge on any atom is -0.359 e. The monoisotopic (exact) mass is 439 g/mol. The second-order valence-corrected chi connectivity index (χ2v) is 7.00. The third-order valence-electron chi connectivity index (χ3n) is 4.44. The van der Waals surface area contributed by atoms with Gasteiger partial charge < -0.3 is 5.32 Å². The Morgan fingerprint density at radius 3 is 2.42 bits per heavy atom. The summed E-state index contributed by atoms with van der Waals surface area (Å²) in [6, 6.07) is 17.7. The van der Waals surface area contributed by atoms with Gasteiger partial charge in [-0.05, 0) is 18.2 Å². The molecule has 0 fully saturated rings. The van der Waals surface area contributed by atoms with Crippen molar-refractivity contribution in [1.29, 1.82) is 5.26 Å². The van der Waals surface area contributed by atoms with Crippen molar-refractivity contribution in [1.82, 2.24) is 15.0 Å². The van der Waals surface area contributed by atoms with Crippen LogP contribution in [0.15, 0.2) is 60.8 Å². The van der Waals surface area contributed by atoms with E-state index in [1.54, 1.807) is 48.7 Å². The first kappa shape index (κ1) is 20.6. The molecule has 0 amide bonds. The number of anilines is 1. The number of pyridine rings is 1. The van der Waals surface area contributed by atoms with Crippen molar-refractivity contribution >= 4 is 28.3 Å². The molecule has 2 aromatic carbocycles. The van der Waals surface area contributed by atoms with Gasteiger partial charge in [0.05, 0.1) is 21.9 Å². The molecule has 0 saturated carbocycles. The SMILES string of the molecule is N#Cc1nc(-c2cc(Cl)c3ncccc3c2)c(-c2ccccc2)nc1NCC(F)(F)F. The second-order valence-electron chi connectivity index (χ2n) is 6.60. The normalized spacial score (nSPS) is 11.3. The number of aromatic nitrogens is 3. The van der Waals surface area contributed by atoms with Crippen molar-refractivity contribution in [3.8, 4) is 28.6 Å². The summed E-state index contributed by atoms with van der Waals surface area (Å²) in [4.78, 5) is 13.0. The number of nitrogens with zero attached hydrogens (tertiary/aromatic N) is 4. The Morgan fingerprint density at radius 2 is 1.71 bits per heavy atom. The predicted molar refractivity (Wildman–Crippen MR) is 112 cm³/mol. The van der Waals surface area contributed by atoms with Crippen molar-refractivity contribution in [2.75, 3.05) is 11.9 Å². The highest BCUT2D eigenvalue weighted by Crippen LogP contribution is 2.35. The molecule has 0 spiro atoms. The fourth-order valence-corrected chi connectivity index (χ4v) is 3.38. The molecule has 0 aliphatic carbocycles. The molecule has 0 radical (unpaired) electrons. The molecule has 2 aromatic heterocycles. The van der Waals surface area contributed by atoms with E-state index in [1.165, 1.54) is 0 Å². The van der Waals surface area contributed by atoms with Crippen LogP contribution >= 0.6 is 11.6 Å². The Kier molecular flexibility index (Phi) is 5.44. The minimum atomic E-state index is -4.47. The average molecular weight is 440 g/mol. The van der Waals surface area contributed by atoms with Crippen molar-refractivity contribution in [3.63, 3.8) is 0 Å². The molecule has 9 heteroatoms. The molecule has 0 atom stereocenters. The summed E-state index contributed by atoms with van der Waals surface area (Å²) in [6.45, 7) is -1.34. The summed E-state index contributed by atoms with van der Waals surface area (Å²) >= 11 is 6.40. The van der Waals surface area contributed by atoms with E-state index < -0.39 is 12.7 Å². The van der Waals surface area contributed by atoms with Crippen LogP contribution in [0.5, 0.6) is 0 Å². The van der Waals surface area contributed by atoms with Crippen molar-refractivity contribution in [3.05, 3.63) is 71.5 Å². The first-order chi connectivity index (χ1) is 14.9. The number of halogens is 4. The van der Waals surface area contributed by atoms with Crippen LogP contribution in [-0.4, -0.2) is 27.7 Å². The molecule has 154 valence electrons. The zero-order valence-corrected chi connectivity index (χ0v) is 16.5. The Balaban J connectivity index is 1.94. The molecule has 4 aromatic rings. The van der Waals surface area contributed by atoms with Crippen LogP contribution in [0.25, 0.3) is 33.4 Å². The van der Waals surface area contributed by atoms with E-state index in [9.17, 15) is 18.4 Å². The summed E-state index contributed by atoms with van der Waals surface area (Å²) in [5.41, 5.74) is 2.20. The van der Waals surface area contributed by atoms with Gasteiger partial charge >= 0.3 is 6.18 Å². The number of nitriles is 1. The van der Waals surface area contributed by atoms with Gasteiger partial charge in [-0.25, -0.2) is 9.97 Å². The van der Waals surface area contributed by atoms with E-state index in [4.69, 9.17) is 11.6 Å². The highest BCUT2D eigenvalue weighted by molar-refractivity contribution is 6.35. The highest BCUT2D eigenvalue weighted by Gasteiger charge is 2.28. The third-order valence-corrected chi connectivity index (χ3v) is 4.73. The van der Waals surface area contributed by atoms with Gasteiger partial charge in [0.15, 0.2) is 11.5 Å². The van der Waals surface area contributed by atoms with E-state index in [-0.39, 0.29) is 11.5 Å². The van der Waals surface area contributed by atoms with Crippen molar-refractivity contribution in [2.45, 2.75) is 6.18 Å². The first-order valence-corrected chi connectivity index (χ1v) is 9.46. The molecule has 4 rings (SSSR count). The number of hydrogen-bond donors (Lipinski definition) is 1. The van der Waals surface area contributed by atoms with E-state index in [2.05, 4.69) is 20.3 Å². The number of nitrogens with one attached hydrogen (secondary N) is 1. The molecule has 0 unspecified atom stereocenters. The number of benzene rings is 2. The van der Waals surface area contributed by atoms with E-state index >= 15 is 0 Å². The number of fused-ring (bicyclic) bond motifs is 1. The summed E-state index contributed by atoms with van der Waals surface area (Å²) in [6.07, 6.45) is -2.85. The Morgan fingerprint density at radius 1 is 0.968 bits per heavy atom. The van der Waals surface area contributed by atoms with Crippen LogP contribution in [0.3, 0.4) is 0 Å². The second kappa shape index (κ2) is 8.20. The van der Waals surface area contributed by atoms with Gasteiger partial charge in [-0.3, -0.25) is 4.98 Å². The van der Waals surface area contributed by atoms with Gasteiger partial charge in [0.1, 0.15) is 12.6 Å². The van der Waals surface area contributed by atoms with E-state index in [0.29, 0.717) is 33.1 Å². The summed E-state index contributed by atoms with van der Waals surface area (Å²) in [7, 11) is 0. The Hall–Kier alpha value is -3.70. The van der Waals surface area contributed by atoms with E-state index in [0.717, 1.165) is 5.39 Å². The molecule has 2 heterocycles. The Bertz CT molecular complexity index is 1300. The van der Waals surface area contributed by atoms with Crippen molar-refractivity contribution < 1.29 is 13.2 Å². The lowest BCUT2D eigenvalue weighted by Gasteiger charge is -2.15. The zero-order chi connectivity index (χ0) is 22.0. The molecular formula is C22H13ClF3N5. The molecule has 31 heavy (non-hydrogen) atoms. The zero-order valence-electron chi connectivity index (χ0n) is 15.8. The van der Waals surface area contributed by atoms with Gasteiger partial charge in [0.2, 0.25) is 0 Å². The molecule has 5 nitrogen and oxygen atoms in total. The Labute approximate surface area is 180 Å². The van der Waals surface area contributed by atoms with Crippen LogP contribution in [0.4, 0.5) is 19.0 Å². The molecular weight excluding hydrogens is 427 g/mol. The summed E-state index contributed by atoms with van der Waals surface area (Å²) in [5.74, 6) is -0.240. The quantitative estimate of drug-likeness (QED) is 0.431. The predicted octanol–water partition coefficient (Wildman–Crippen LogP) is 5.86. The molecule has 0 saturated heterocycles. The van der Waals surface area contributed by atoms with Gasteiger partial charge in [-0.1, -0.05) is 48.0 Å². The lowest BCUT2D eigenvalue weighted by molar-refractivity contribution is -0.115. The van der Waals surface area contributed by atoms with Gasteiger partial charge in [-0.2, -0.15) is 18.4 Å². The summed E-state index contributed by atoms with van der Waals surface area (Å²) in [5, 5.41) is 12.8. The average Bonchev–Trinajstić information content (AvgIpc) is 2.77. The standard InChI is InChI=1S/C22H13ClF3N5/c23-16-10-15(9-14-7-4-8-28-18(14)16)20-19(13-5-2-1-3-6-13)31-21(17(11-27)30-20)29-12-22(24,25)26/h1-10H,12H2,(H,29,31). The highest BCUT2D eigenvalue weighted by atomic mass is 35.5. The van der Waals surface area contributed by atoms with Gasteiger partial charge in [0.25, 0.3) is 0 Å². The number of alkyl halides is 3. The maximum Gasteiger partial charge on any atom is 0.405 e. The van der Waals surface area contributed by atoms with Crippen LogP contribution in [0, 0.1) is 11.3 Å². The lowest BCUT2D eigenvalue weighted by Crippen LogP contribution is -2.22. The smallest absolute Gasteiger partial charge is 0.359 e.